The third-order valence-corrected chi connectivity index (χ3v) is 11.3. The normalized spacial score (nSPS) is 26.7. The van der Waals surface area contributed by atoms with E-state index in [0.29, 0.717) is 61.5 Å². The molecule has 4 saturated heterocycles. The average molecular weight is 621 g/mol. The Bertz CT molecular complexity index is 1560. The van der Waals surface area contributed by atoms with Crippen molar-refractivity contribution in [3.8, 4) is 12.1 Å². The van der Waals surface area contributed by atoms with Gasteiger partial charge in [-0.05, 0) is 44.1 Å². The number of anilines is 3. The fourth-order valence-corrected chi connectivity index (χ4v) is 8.81. The lowest BCUT2D eigenvalue weighted by Crippen LogP contribution is -2.60. The van der Waals surface area contributed by atoms with Gasteiger partial charge in [-0.3, -0.25) is 15.0 Å². The molecule has 2 aliphatic carbocycles. The number of piperidine rings is 1. The first kappa shape index (κ1) is 27.8. The molecule has 1 saturated carbocycles. The zero-order chi connectivity index (χ0) is 30.1. The lowest BCUT2D eigenvalue weighted by atomic mass is 9.74. The molecule has 3 amide bonds. The molecule has 1 unspecified atom stereocenters. The van der Waals surface area contributed by atoms with Gasteiger partial charge < -0.3 is 30.3 Å². The van der Waals surface area contributed by atoms with Gasteiger partial charge in [0.25, 0.3) is 5.91 Å². The molecular weight excluding hydrogens is 584 g/mol. The molecule has 44 heavy (non-hydrogen) atoms. The molecule has 2 spiro atoms. The molecule has 4 N–H and O–H groups in total. The van der Waals surface area contributed by atoms with Crippen LogP contribution >= 0.6 is 11.3 Å². The SMILES string of the molecule is N#Cc1c(N)sc2c1C1(CC2)CN(c2nc(OCC3(CN4CCOCC4)CC3)nc(N3CCCC4(C3)NC(=O)NC4=O)n2)C1. The summed E-state index contributed by atoms with van der Waals surface area (Å²) in [5, 5.41) is 15.6. The third kappa shape index (κ3) is 4.62. The van der Waals surface area contributed by atoms with E-state index in [-0.39, 0.29) is 29.3 Å². The summed E-state index contributed by atoms with van der Waals surface area (Å²) < 4.78 is 11.9. The number of aromatic nitrogens is 3. The molecule has 6 heterocycles. The number of amides is 3. The maximum absolute atomic E-state index is 12.8. The summed E-state index contributed by atoms with van der Waals surface area (Å²) in [5.41, 5.74) is 6.85. The fourth-order valence-electron chi connectivity index (χ4n) is 7.67. The molecular formula is C29H36N10O4S. The van der Waals surface area contributed by atoms with E-state index >= 15 is 0 Å². The molecule has 0 aromatic carbocycles. The number of thiophene rings is 1. The number of imide groups is 1. The van der Waals surface area contributed by atoms with E-state index in [1.54, 1.807) is 0 Å². The first-order valence-electron chi connectivity index (χ1n) is 15.4. The van der Waals surface area contributed by atoms with E-state index in [9.17, 15) is 14.9 Å². The van der Waals surface area contributed by atoms with Gasteiger partial charge in [0.1, 0.15) is 16.6 Å². The number of nitrogens with two attached hydrogens (primary N) is 1. The number of nitriles is 1. The highest BCUT2D eigenvalue weighted by Gasteiger charge is 2.53. The number of carbonyl (C=O) groups is 2. The Balaban J connectivity index is 1.06. The van der Waals surface area contributed by atoms with Gasteiger partial charge in [-0.1, -0.05) is 0 Å². The summed E-state index contributed by atoms with van der Waals surface area (Å²) in [6, 6.07) is 2.13. The number of aryl methyl sites for hydroxylation is 1. The van der Waals surface area contributed by atoms with Crippen LogP contribution in [0.25, 0.3) is 0 Å². The summed E-state index contributed by atoms with van der Waals surface area (Å²) in [4.78, 5) is 46.9. The molecule has 2 aromatic rings. The number of ether oxygens (including phenoxy) is 2. The minimum absolute atomic E-state index is 0.0827. The monoisotopic (exact) mass is 620 g/mol. The zero-order valence-electron chi connectivity index (χ0n) is 24.6. The van der Waals surface area contributed by atoms with Crippen LogP contribution in [-0.4, -0.2) is 103 Å². The van der Waals surface area contributed by atoms with Crippen molar-refractivity contribution in [3.63, 3.8) is 0 Å². The predicted octanol–water partition coefficient (Wildman–Crippen LogP) is 0.761. The number of fused-ring (bicyclic) bond motifs is 2. The average Bonchev–Trinajstić information content (AvgIpc) is 3.43. The fraction of sp³-hybridized carbons (Fsp3) is 0.655. The minimum atomic E-state index is -1.01. The topological polar surface area (TPSA) is 175 Å². The van der Waals surface area contributed by atoms with E-state index in [4.69, 9.17) is 30.2 Å². The van der Waals surface area contributed by atoms with E-state index in [2.05, 4.69) is 26.5 Å². The van der Waals surface area contributed by atoms with Crippen LogP contribution in [0.1, 0.15) is 48.1 Å². The van der Waals surface area contributed by atoms with Crippen molar-refractivity contribution in [2.75, 3.05) is 81.2 Å². The molecule has 5 fully saturated rings. The van der Waals surface area contributed by atoms with Crippen LogP contribution < -0.4 is 30.9 Å². The number of nitrogens with one attached hydrogen (secondary N) is 2. The van der Waals surface area contributed by atoms with Gasteiger partial charge in [-0.15, -0.1) is 11.3 Å². The first-order chi connectivity index (χ1) is 21.3. The van der Waals surface area contributed by atoms with Crippen LogP contribution in [0, 0.1) is 16.7 Å². The molecule has 0 bridgehead atoms. The largest absolute Gasteiger partial charge is 0.463 e. The highest BCUT2D eigenvalue weighted by Crippen LogP contribution is 2.52. The number of nitrogen functional groups attached to an aromatic ring is 1. The van der Waals surface area contributed by atoms with Gasteiger partial charge in [0.2, 0.25) is 11.9 Å². The molecule has 232 valence electrons. The quantitative estimate of drug-likeness (QED) is 0.371. The Kier molecular flexibility index (Phi) is 6.41. The number of morpholine rings is 1. The number of rotatable bonds is 7. The van der Waals surface area contributed by atoms with Crippen LogP contribution in [0.2, 0.25) is 0 Å². The first-order valence-corrected chi connectivity index (χ1v) is 16.3. The maximum Gasteiger partial charge on any atom is 0.323 e. The highest BCUT2D eigenvalue weighted by atomic mass is 32.1. The summed E-state index contributed by atoms with van der Waals surface area (Å²) in [6.45, 7) is 7.14. The van der Waals surface area contributed by atoms with Crippen LogP contribution in [0.15, 0.2) is 0 Å². The lowest BCUT2D eigenvalue weighted by molar-refractivity contribution is -0.124. The number of nitrogens with zero attached hydrogens (tertiary/aromatic N) is 7. The van der Waals surface area contributed by atoms with Crippen molar-refractivity contribution in [2.24, 2.45) is 5.41 Å². The summed E-state index contributed by atoms with van der Waals surface area (Å²) in [5.74, 6) is 0.631. The number of hydrogen-bond acceptors (Lipinski definition) is 13. The van der Waals surface area contributed by atoms with E-state index in [1.807, 2.05) is 4.90 Å². The van der Waals surface area contributed by atoms with Gasteiger partial charge in [0.05, 0.1) is 31.9 Å². The van der Waals surface area contributed by atoms with Crippen molar-refractivity contribution >= 4 is 40.2 Å². The van der Waals surface area contributed by atoms with Crippen molar-refractivity contribution in [1.82, 2.24) is 30.5 Å². The number of carbonyl (C=O) groups excluding carboxylic acids is 2. The molecule has 6 aliphatic rings. The second-order valence-corrected chi connectivity index (χ2v) is 14.4. The Morgan fingerprint density at radius 3 is 2.50 bits per heavy atom. The van der Waals surface area contributed by atoms with Gasteiger partial charge in [-0.2, -0.15) is 20.2 Å². The smallest absolute Gasteiger partial charge is 0.323 e. The third-order valence-electron chi connectivity index (χ3n) is 10.3. The second-order valence-electron chi connectivity index (χ2n) is 13.3. The zero-order valence-corrected chi connectivity index (χ0v) is 25.4. The Morgan fingerprint density at radius 2 is 1.80 bits per heavy atom. The molecule has 15 heteroatoms. The molecule has 14 nitrogen and oxygen atoms in total. The standard InChI is InChI=1S/C29H36N10O4S/c30-12-18-20-19(44-21(18)31)2-4-28(20)14-39(15-28)24-33-23(38-7-1-3-29(16-38)22(40)32-25(41)36-29)34-26(35-24)43-17-27(5-6-27)13-37-8-10-42-11-9-37/h1-11,13-17,31H2,(H2,32,36,40,41). The molecule has 2 aromatic heterocycles. The summed E-state index contributed by atoms with van der Waals surface area (Å²) >= 11 is 1.53. The lowest BCUT2D eigenvalue weighted by Gasteiger charge is -2.48. The Labute approximate surface area is 258 Å². The van der Waals surface area contributed by atoms with Crippen molar-refractivity contribution in [3.05, 3.63) is 16.0 Å². The van der Waals surface area contributed by atoms with Gasteiger partial charge in [0, 0.05) is 55.0 Å². The summed E-state index contributed by atoms with van der Waals surface area (Å²) in [6.07, 6.45) is 5.33. The van der Waals surface area contributed by atoms with E-state index in [1.165, 1.54) is 16.2 Å². The van der Waals surface area contributed by atoms with Crippen LogP contribution in [-0.2, 0) is 21.4 Å². The van der Waals surface area contributed by atoms with Gasteiger partial charge >= 0.3 is 12.0 Å². The maximum atomic E-state index is 12.8. The summed E-state index contributed by atoms with van der Waals surface area (Å²) in [7, 11) is 0. The second kappa shape index (κ2) is 10.1. The van der Waals surface area contributed by atoms with Crippen LogP contribution in [0.5, 0.6) is 6.01 Å². The van der Waals surface area contributed by atoms with Crippen LogP contribution in [0.4, 0.5) is 21.7 Å². The van der Waals surface area contributed by atoms with Gasteiger partial charge in [0.15, 0.2) is 0 Å². The van der Waals surface area contributed by atoms with E-state index < -0.39 is 11.6 Å². The Morgan fingerprint density at radius 1 is 1.02 bits per heavy atom. The minimum Gasteiger partial charge on any atom is -0.463 e. The highest BCUT2D eigenvalue weighted by molar-refractivity contribution is 7.16. The molecule has 0 radical (unpaired) electrons. The number of urea groups is 1. The Hall–Kier alpha value is -3.74. The van der Waals surface area contributed by atoms with Crippen molar-refractivity contribution in [1.29, 1.82) is 5.26 Å². The molecule has 1 atom stereocenters. The van der Waals surface area contributed by atoms with Crippen molar-refractivity contribution in [2.45, 2.75) is 49.5 Å². The van der Waals surface area contributed by atoms with Crippen LogP contribution in [0.3, 0.4) is 0 Å². The van der Waals surface area contributed by atoms with E-state index in [0.717, 1.165) is 64.1 Å². The number of hydrogen-bond donors (Lipinski definition) is 3. The molecule has 4 aliphatic heterocycles. The van der Waals surface area contributed by atoms with Gasteiger partial charge in [-0.25, -0.2) is 4.79 Å². The van der Waals surface area contributed by atoms with Crippen molar-refractivity contribution < 1.29 is 19.1 Å². The molecule has 8 rings (SSSR count). The predicted molar refractivity (Wildman–Crippen MR) is 161 cm³/mol.